The van der Waals surface area contributed by atoms with Crippen LogP contribution in [-0.2, 0) is 13.2 Å². The summed E-state index contributed by atoms with van der Waals surface area (Å²) >= 11 is 0. The van der Waals surface area contributed by atoms with Crippen LogP contribution in [-0.4, -0.2) is 18.6 Å². The van der Waals surface area contributed by atoms with Crippen molar-refractivity contribution in [2.24, 2.45) is 0 Å². The summed E-state index contributed by atoms with van der Waals surface area (Å²) in [4.78, 5) is 4.41. The average molecular weight is 286 g/mol. The standard InChI is InChI=1S/C17H22N2O2/c1-4-18-10-14-6-7-15(19-11-14)12-21-16-8-5-13(2)9-17(16)20-3/h5-9,11,18H,4,10,12H2,1-3H3. The minimum atomic E-state index is 0.431. The molecule has 0 aliphatic rings. The van der Waals surface area contributed by atoms with E-state index in [1.807, 2.05) is 37.4 Å². The Balaban J connectivity index is 1.96. The number of nitrogens with one attached hydrogen (secondary N) is 1. The number of ether oxygens (including phenoxy) is 2. The van der Waals surface area contributed by atoms with Crippen molar-refractivity contribution in [2.75, 3.05) is 13.7 Å². The summed E-state index contributed by atoms with van der Waals surface area (Å²) < 4.78 is 11.1. The maximum absolute atomic E-state index is 5.79. The van der Waals surface area contributed by atoms with Crippen LogP contribution in [0, 0.1) is 6.92 Å². The highest BCUT2D eigenvalue weighted by Crippen LogP contribution is 2.28. The molecular weight excluding hydrogens is 264 g/mol. The van der Waals surface area contributed by atoms with E-state index in [0.29, 0.717) is 6.61 Å². The molecule has 1 heterocycles. The second-order valence-corrected chi connectivity index (χ2v) is 4.88. The third kappa shape index (κ3) is 4.46. The predicted molar refractivity (Wildman–Crippen MR) is 83.7 cm³/mol. The van der Waals surface area contributed by atoms with Gasteiger partial charge in [-0.2, -0.15) is 0 Å². The Morgan fingerprint density at radius 3 is 2.67 bits per heavy atom. The number of hydrogen-bond acceptors (Lipinski definition) is 4. The van der Waals surface area contributed by atoms with Crippen molar-refractivity contribution in [3.05, 3.63) is 53.3 Å². The van der Waals surface area contributed by atoms with E-state index >= 15 is 0 Å². The lowest BCUT2D eigenvalue weighted by atomic mass is 10.2. The molecule has 112 valence electrons. The van der Waals surface area contributed by atoms with Crippen molar-refractivity contribution in [3.63, 3.8) is 0 Å². The second-order valence-electron chi connectivity index (χ2n) is 4.88. The SMILES string of the molecule is CCNCc1ccc(COc2ccc(C)cc2OC)nc1. The smallest absolute Gasteiger partial charge is 0.161 e. The minimum Gasteiger partial charge on any atom is -0.493 e. The number of rotatable bonds is 7. The molecule has 0 saturated heterocycles. The quantitative estimate of drug-likeness (QED) is 0.849. The largest absolute Gasteiger partial charge is 0.493 e. The molecule has 2 aromatic rings. The zero-order valence-corrected chi connectivity index (χ0v) is 12.8. The molecule has 1 aromatic heterocycles. The lowest BCUT2D eigenvalue weighted by Crippen LogP contribution is -2.12. The molecule has 0 atom stereocenters. The summed E-state index contributed by atoms with van der Waals surface area (Å²) in [6, 6.07) is 9.95. The monoisotopic (exact) mass is 286 g/mol. The van der Waals surface area contributed by atoms with Crippen LogP contribution in [0.1, 0.15) is 23.7 Å². The second kappa shape index (κ2) is 7.64. The third-order valence-electron chi connectivity index (χ3n) is 3.16. The molecule has 0 unspecified atom stereocenters. The Hall–Kier alpha value is -2.07. The first-order valence-corrected chi connectivity index (χ1v) is 7.15. The molecule has 4 heteroatoms. The highest BCUT2D eigenvalue weighted by Gasteiger charge is 2.05. The van der Waals surface area contributed by atoms with Crippen LogP contribution in [0.15, 0.2) is 36.5 Å². The molecule has 0 bridgehead atoms. The van der Waals surface area contributed by atoms with Crippen molar-refractivity contribution in [1.82, 2.24) is 10.3 Å². The van der Waals surface area contributed by atoms with Crippen molar-refractivity contribution in [2.45, 2.75) is 27.0 Å². The first kappa shape index (κ1) is 15.3. The van der Waals surface area contributed by atoms with Gasteiger partial charge >= 0.3 is 0 Å². The number of benzene rings is 1. The molecule has 1 aromatic carbocycles. The van der Waals surface area contributed by atoms with Gasteiger partial charge in [0.2, 0.25) is 0 Å². The molecule has 0 spiro atoms. The number of pyridine rings is 1. The first-order valence-electron chi connectivity index (χ1n) is 7.15. The summed E-state index contributed by atoms with van der Waals surface area (Å²) in [7, 11) is 1.65. The highest BCUT2D eigenvalue weighted by molar-refractivity contribution is 5.42. The fourth-order valence-electron chi connectivity index (χ4n) is 1.96. The van der Waals surface area contributed by atoms with Crippen LogP contribution in [0.4, 0.5) is 0 Å². The van der Waals surface area contributed by atoms with Crippen LogP contribution in [0.3, 0.4) is 0 Å². The minimum absolute atomic E-state index is 0.431. The number of aromatic nitrogens is 1. The van der Waals surface area contributed by atoms with Crippen LogP contribution in [0.5, 0.6) is 11.5 Å². The van der Waals surface area contributed by atoms with E-state index in [9.17, 15) is 0 Å². The van der Waals surface area contributed by atoms with Gasteiger partial charge in [-0.3, -0.25) is 4.98 Å². The van der Waals surface area contributed by atoms with E-state index in [1.54, 1.807) is 7.11 Å². The van der Waals surface area contributed by atoms with E-state index in [2.05, 4.69) is 23.3 Å². The van der Waals surface area contributed by atoms with Gasteiger partial charge in [-0.15, -0.1) is 0 Å². The molecule has 0 fully saturated rings. The number of hydrogen-bond donors (Lipinski definition) is 1. The zero-order valence-electron chi connectivity index (χ0n) is 12.8. The summed E-state index contributed by atoms with van der Waals surface area (Å²) in [5, 5.41) is 3.27. The van der Waals surface area contributed by atoms with E-state index < -0.39 is 0 Å². The lowest BCUT2D eigenvalue weighted by molar-refractivity contribution is 0.280. The van der Waals surface area contributed by atoms with Crippen molar-refractivity contribution in [1.29, 1.82) is 0 Å². The highest BCUT2D eigenvalue weighted by atomic mass is 16.5. The topological polar surface area (TPSA) is 43.4 Å². The number of aryl methyl sites for hydroxylation is 1. The van der Waals surface area contributed by atoms with Gasteiger partial charge in [0.15, 0.2) is 11.5 Å². The molecule has 0 saturated carbocycles. The fraction of sp³-hybridized carbons (Fsp3) is 0.353. The van der Waals surface area contributed by atoms with Crippen molar-refractivity contribution in [3.8, 4) is 11.5 Å². The Bertz CT molecular complexity index is 568. The maximum atomic E-state index is 5.79. The molecule has 2 rings (SSSR count). The van der Waals surface area contributed by atoms with Gasteiger partial charge in [-0.25, -0.2) is 0 Å². The molecule has 0 amide bonds. The van der Waals surface area contributed by atoms with Gasteiger partial charge < -0.3 is 14.8 Å². The fourth-order valence-corrected chi connectivity index (χ4v) is 1.96. The summed E-state index contributed by atoms with van der Waals surface area (Å²) in [5.41, 5.74) is 3.22. The van der Waals surface area contributed by atoms with E-state index in [4.69, 9.17) is 9.47 Å². The van der Waals surface area contributed by atoms with Gasteiger partial charge in [-0.05, 0) is 42.8 Å². The van der Waals surface area contributed by atoms with E-state index in [1.165, 1.54) is 5.56 Å². The number of methoxy groups -OCH3 is 1. The average Bonchev–Trinajstić information content (AvgIpc) is 2.52. The lowest BCUT2D eigenvalue weighted by Gasteiger charge is -2.11. The van der Waals surface area contributed by atoms with E-state index in [0.717, 1.165) is 35.8 Å². The predicted octanol–water partition coefficient (Wildman–Crippen LogP) is 3.09. The molecule has 0 radical (unpaired) electrons. The van der Waals surface area contributed by atoms with Crippen LogP contribution >= 0.6 is 0 Å². The third-order valence-corrected chi connectivity index (χ3v) is 3.16. The summed E-state index contributed by atoms with van der Waals surface area (Å²) in [6.45, 7) is 6.34. The van der Waals surface area contributed by atoms with Crippen molar-refractivity contribution < 1.29 is 9.47 Å². The molecule has 21 heavy (non-hydrogen) atoms. The Morgan fingerprint density at radius 1 is 1.14 bits per heavy atom. The van der Waals surface area contributed by atoms with Gasteiger partial charge in [-0.1, -0.05) is 19.1 Å². The summed E-state index contributed by atoms with van der Waals surface area (Å²) in [5.74, 6) is 1.49. The zero-order chi connectivity index (χ0) is 15.1. The first-order chi connectivity index (χ1) is 10.2. The van der Waals surface area contributed by atoms with E-state index in [-0.39, 0.29) is 0 Å². The van der Waals surface area contributed by atoms with Gasteiger partial charge in [0.05, 0.1) is 12.8 Å². The molecule has 0 aliphatic carbocycles. The number of nitrogens with zero attached hydrogens (tertiary/aromatic N) is 1. The Labute approximate surface area is 126 Å². The summed E-state index contributed by atoms with van der Waals surface area (Å²) in [6.07, 6.45) is 1.88. The van der Waals surface area contributed by atoms with Gasteiger partial charge in [0.25, 0.3) is 0 Å². The molecule has 4 nitrogen and oxygen atoms in total. The molecule has 1 N–H and O–H groups in total. The maximum Gasteiger partial charge on any atom is 0.161 e. The van der Waals surface area contributed by atoms with Crippen molar-refractivity contribution >= 4 is 0 Å². The molecule has 0 aliphatic heterocycles. The van der Waals surface area contributed by atoms with Crippen LogP contribution < -0.4 is 14.8 Å². The Morgan fingerprint density at radius 2 is 2.00 bits per heavy atom. The van der Waals surface area contributed by atoms with Gasteiger partial charge in [0, 0.05) is 12.7 Å². The Kier molecular flexibility index (Phi) is 5.58. The normalized spacial score (nSPS) is 10.4. The van der Waals surface area contributed by atoms with Gasteiger partial charge in [0.1, 0.15) is 6.61 Å². The van der Waals surface area contributed by atoms with Crippen LogP contribution in [0.2, 0.25) is 0 Å². The molecular formula is C17H22N2O2. The van der Waals surface area contributed by atoms with Crippen LogP contribution in [0.25, 0.3) is 0 Å².